The zero-order valence-electron chi connectivity index (χ0n) is 10.6. The first-order valence-electron chi connectivity index (χ1n) is 5.94. The minimum Gasteiger partial charge on any atom is -0.465 e. The summed E-state index contributed by atoms with van der Waals surface area (Å²) in [4.78, 5) is 12.0. The maximum absolute atomic E-state index is 12.2. The van der Waals surface area contributed by atoms with E-state index < -0.39 is 21.7 Å². The zero-order chi connectivity index (χ0) is 15.8. The van der Waals surface area contributed by atoms with Crippen molar-refractivity contribution in [3.63, 3.8) is 0 Å². The number of rotatable bonds is 2. The van der Waals surface area contributed by atoms with E-state index in [4.69, 9.17) is 5.11 Å². The average Bonchev–Trinajstić information content (AvgIpc) is 2.58. The summed E-state index contributed by atoms with van der Waals surface area (Å²) in [5.41, 5.74) is -5.08. The van der Waals surface area contributed by atoms with Crippen molar-refractivity contribution in [3.8, 4) is 0 Å². The van der Waals surface area contributed by atoms with Crippen molar-refractivity contribution in [3.05, 3.63) is 0 Å². The maximum atomic E-state index is 12.2. The van der Waals surface area contributed by atoms with E-state index in [9.17, 15) is 26.4 Å². The van der Waals surface area contributed by atoms with E-state index in [-0.39, 0.29) is 32.0 Å². The molecule has 1 amide bonds. The van der Waals surface area contributed by atoms with Crippen LogP contribution in [0.3, 0.4) is 0 Å². The topological polar surface area (TPSA) is 99.5 Å². The molecule has 0 saturated carbocycles. The van der Waals surface area contributed by atoms with Gasteiger partial charge in [-0.25, -0.2) is 4.79 Å². The number of likely N-dealkylation sites (tertiary alicyclic amines) is 1. The van der Waals surface area contributed by atoms with E-state index in [1.807, 2.05) is 0 Å². The molecule has 0 aromatic rings. The number of hydrogen-bond donors (Lipinski definition) is 1. The van der Waals surface area contributed by atoms with Gasteiger partial charge in [0.2, 0.25) is 0 Å². The van der Waals surface area contributed by atoms with Crippen molar-refractivity contribution in [1.29, 1.82) is 0 Å². The van der Waals surface area contributed by atoms with Crippen LogP contribution < -0.4 is 0 Å². The molecule has 1 saturated heterocycles. The fraction of sp³-hybridized carbons (Fsp3) is 0.778. The summed E-state index contributed by atoms with van der Waals surface area (Å²) in [6.45, 7) is 0.210. The lowest BCUT2D eigenvalue weighted by molar-refractivity contribution is -0.0988. The van der Waals surface area contributed by atoms with Gasteiger partial charge < -0.3 is 10.0 Å². The number of fused-ring (bicyclic) bond motifs is 1. The highest BCUT2D eigenvalue weighted by Gasteiger charge is 2.50. The van der Waals surface area contributed by atoms with Crippen molar-refractivity contribution < 1.29 is 35.8 Å². The molecule has 1 unspecified atom stereocenters. The molecule has 21 heavy (non-hydrogen) atoms. The predicted octanol–water partition coefficient (Wildman–Crippen LogP) is 0.829. The Kier molecular flexibility index (Phi) is 4.02. The van der Waals surface area contributed by atoms with Gasteiger partial charge in [0.1, 0.15) is 0 Å². The number of hydroxylamine groups is 1. The van der Waals surface area contributed by atoms with Gasteiger partial charge in [-0.05, 0) is 6.42 Å². The second kappa shape index (κ2) is 5.33. The number of carboxylic acid groups (broad SMARTS) is 1. The molecule has 0 radical (unpaired) electrons. The SMILES string of the molecule is O=C(O)N1CCC2=NN(OS(=O)(=O)C(F)(F)F)CC2CC1. The Morgan fingerprint density at radius 1 is 1.38 bits per heavy atom. The molecule has 1 N–H and O–H groups in total. The number of carbonyl (C=O) groups is 1. The minimum atomic E-state index is -5.74. The summed E-state index contributed by atoms with van der Waals surface area (Å²) >= 11 is 0. The van der Waals surface area contributed by atoms with Crippen LogP contribution in [-0.4, -0.2) is 60.5 Å². The number of hydrazone groups is 1. The van der Waals surface area contributed by atoms with Crippen LogP contribution in [0, 0.1) is 5.92 Å². The molecule has 0 aromatic carbocycles. The van der Waals surface area contributed by atoms with E-state index in [1.54, 1.807) is 0 Å². The average molecular weight is 331 g/mol. The van der Waals surface area contributed by atoms with E-state index in [2.05, 4.69) is 9.39 Å². The first-order valence-corrected chi connectivity index (χ1v) is 7.34. The molecule has 0 aliphatic carbocycles. The van der Waals surface area contributed by atoms with Gasteiger partial charge in [0.25, 0.3) is 0 Å². The fourth-order valence-corrected chi connectivity index (χ4v) is 2.54. The summed E-state index contributed by atoms with van der Waals surface area (Å²) in [6, 6.07) is 0. The van der Waals surface area contributed by atoms with Gasteiger partial charge in [-0.1, -0.05) is 0 Å². The van der Waals surface area contributed by atoms with Crippen LogP contribution in [0.15, 0.2) is 5.10 Å². The largest absolute Gasteiger partial charge is 0.525 e. The van der Waals surface area contributed by atoms with Crippen LogP contribution in [0.5, 0.6) is 0 Å². The Hall–Kier alpha value is -1.56. The first kappa shape index (κ1) is 15.8. The second-order valence-corrected chi connectivity index (χ2v) is 6.13. The van der Waals surface area contributed by atoms with Gasteiger partial charge in [0, 0.05) is 31.1 Å². The van der Waals surface area contributed by atoms with Crippen LogP contribution in [0.4, 0.5) is 18.0 Å². The third-order valence-electron chi connectivity index (χ3n) is 3.21. The summed E-state index contributed by atoms with van der Waals surface area (Å²) in [6.07, 6.45) is -0.511. The normalized spacial score (nSPS) is 23.6. The highest BCUT2D eigenvalue weighted by Crippen LogP contribution is 2.29. The minimum absolute atomic E-state index is 0.155. The van der Waals surface area contributed by atoms with Gasteiger partial charge in [0.05, 0.1) is 6.54 Å². The van der Waals surface area contributed by atoms with Crippen molar-refractivity contribution >= 4 is 21.9 Å². The molecule has 0 spiro atoms. The summed E-state index contributed by atoms with van der Waals surface area (Å²) in [7, 11) is -5.74. The number of halogens is 3. The van der Waals surface area contributed by atoms with Crippen LogP contribution in [0.25, 0.3) is 0 Å². The standard InChI is InChI=1S/C9H12F3N3O5S/c10-9(11,12)21(18,19)20-15-5-6-1-3-14(8(16)17)4-2-7(6)13-15/h6H,1-5H2,(H,16,17). The zero-order valence-corrected chi connectivity index (χ0v) is 11.4. The van der Waals surface area contributed by atoms with Gasteiger partial charge in [-0.2, -0.15) is 31.9 Å². The molecule has 2 aliphatic rings. The highest BCUT2D eigenvalue weighted by atomic mass is 32.2. The summed E-state index contributed by atoms with van der Waals surface area (Å²) in [5, 5.41) is 13.0. The van der Waals surface area contributed by atoms with E-state index in [1.165, 1.54) is 4.90 Å². The molecule has 120 valence electrons. The van der Waals surface area contributed by atoms with Gasteiger partial charge in [-0.15, -0.1) is 4.28 Å². The van der Waals surface area contributed by atoms with E-state index >= 15 is 0 Å². The van der Waals surface area contributed by atoms with Crippen molar-refractivity contribution in [2.45, 2.75) is 18.3 Å². The lowest BCUT2D eigenvalue weighted by Crippen LogP contribution is -2.33. The lowest BCUT2D eigenvalue weighted by atomic mass is 10.00. The van der Waals surface area contributed by atoms with Crippen molar-refractivity contribution in [1.82, 2.24) is 10.1 Å². The molecular weight excluding hydrogens is 319 g/mol. The van der Waals surface area contributed by atoms with Gasteiger partial charge in [-0.3, -0.25) is 0 Å². The quantitative estimate of drug-likeness (QED) is 0.752. The molecule has 2 aliphatic heterocycles. The van der Waals surface area contributed by atoms with Crippen LogP contribution in [-0.2, 0) is 14.4 Å². The van der Waals surface area contributed by atoms with Crippen molar-refractivity contribution in [2.24, 2.45) is 11.0 Å². The molecule has 8 nitrogen and oxygen atoms in total. The Balaban J connectivity index is 2.04. The Morgan fingerprint density at radius 2 is 2.05 bits per heavy atom. The number of hydrogen-bond acceptors (Lipinski definition) is 6. The smallest absolute Gasteiger partial charge is 0.465 e. The van der Waals surface area contributed by atoms with Crippen molar-refractivity contribution in [2.75, 3.05) is 19.6 Å². The molecule has 1 fully saturated rings. The van der Waals surface area contributed by atoms with Gasteiger partial charge >= 0.3 is 21.7 Å². The van der Waals surface area contributed by atoms with Crippen LogP contribution in [0.2, 0.25) is 0 Å². The van der Waals surface area contributed by atoms with Crippen LogP contribution >= 0.6 is 0 Å². The molecule has 1 atom stereocenters. The molecule has 2 rings (SSSR count). The van der Waals surface area contributed by atoms with Gasteiger partial charge in [0.15, 0.2) is 0 Å². The Morgan fingerprint density at radius 3 is 2.62 bits per heavy atom. The third-order valence-corrected chi connectivity index (χ3v) is 4.15. The monoisotopic (exact) mass is 331 g/mol. The molecular formula is C9H12F3N3O5S. The molecule has 0 aromatic heterocycles. The third kappa shape index (κ3) is 3.37. The number of amides is 1. The molecule has 2 heterocycles. The van der Waals surface area contributed by atoms with Crippen LogP contribution in [0.1, 0.15) is 12.8 Å². The molecule has 12 heteroatoms. The molecule has 0 bridgehead atoms. The van der Waals surface area contributed by atoms with E-state index in [0.717, 1.165) is 0 Å². The lowest BCUT2D eigenvalue weighted by Gasteiger charge is -2.18. The summed E-state index contributed by atoms with van der Waals surface area (Å²) in [5.74, 6) is -0.321. The van der Waals surface area contributed by atoms with E-state index in [0.29, 0.717) is 17.3 Å². The maximum Gasteiger partial charge on any atom is 0.525 e. The predicted molar refractivity (Wildman–Crippen MR) is 62.5 cm³/mol. The second-order valence-electron chi connectivity index (χ2n) is 4.61. The first-order chi connectivity index (χ1) is 9.60. The fourth-order valence-electron chi connectivity index (χ4n) is 2.14. The highest BCUT2D eigenvalue weighted by molar-refractivity contribution is 7.87. The Labute approximate surface area is 117 Å². The summed E-state index contributed by atoms with van der Waals surface area (Å²) < 4.78 is 62.3. The number of nitrogens with zero attached hydrogens (tertiary/aromatic N) is 3. The number of alkyl halides is 3. The Bertz CT molecular complexity index is 561.